The van der Waals surface area contributed by atoms with Crippen LogP contribution in [0.2, 0.25) is 0 Å². The Kier molecular flexibility index (Phi) is 2.98. The molecule has 1 amide bonds. The molecule has 0 saturated carbocycles. The molecule has 3 rings (SSSR count). The van der Waals surface area contributed by atoms with Crippen LogP contribution in [0.25, 0.3) is 0 Å². The largest absolute Gasteiger partial charge is 0.503 e. The maximum absolute atomic E-state index is 12.4. The minimum absolute atomic E-state index is 0.00692. The van der Waals surface area contributed by atoms with Gasteiger partial charge in [0.15, 0.2) is 17.7 Å². The zero-order chi connectivity index (χ0) is 15.3. The number of aromatic nitrogens is 1. The van der Waals surface area contributed by atoms with Crippen LogP contribution < -0.4 is 5.43 Å². The van der Waals surface area contributed by atoms with Gasteiger partial charge in [-0.3, -0.25) is 9.59 Å². The van der Waals surface area contributed by atoms with E-state index in [1.54, 1.807) is 0 Å². The van der Waals surface area contributed by atoms with Crippen molar-refractivity contribution in [2.24, 2.45) is 0 Å². The van der Waals surface area contributed by atoms with E-state index < -0.39 is 34.8 Å². The fourth-order valence-electron chi connectivity index (χ4n) is 2.72. The molecule has 8 heteroatoms. The fraction of sp³-hybridized carbons (Fsp3) is 0.462. The highest BCUT2D eigenvalue weighted by Gasteiger charge is 2.39. The molecule has 0 spiro atoms. The molecular weight excluding hydrogens is 280 g/mol. The summed E-state index contributed by atoms with van der Waals surface area (Å²) < 4.78 is 6.94. The molecule has 0 radical (unpaired) electrons. The fourth-order valence-corrected chi connectivity index (χ4v) is 2.72. The second-order valence-electron chi connectivity index (χ2n) is 5.22. The Morgan fingerprint density at radius 1 is 1.43 bits per heavy atom. The molecular formula is C13H14N2O6. The average Bonchev–Trinajstić information content (AvgIpc) is 2.42. The Bertz CT molecular complexity index is 695. The van der Waals surface area contributed by atoms with E-state index in [4.69, 9.17) is 9.84 Å². The summed E-state index contributed by atoms with van der Waals surface area (Å²) in [6.07, 6.45) is 1.22. The van der Waals surface area contributed by atoms with Gasteiger partial charge in [-0.25, -0.2) is 4.79 Å². The number of pyridine rings is 1. The van der Waals surface area contributed by atoms with Crippen molar-refractivity contribution < 1.29 is 24.5 Å². The van der Waals surface area contributed by atoms with Crippen molar-refractivity contribution in [3.8, 4) is 5.75 Å². The van der Waals surface area contributed by atoms with E-state index in [1.165, 1.54) is 9.47 Å². The van der Waals surface area contributed by atoms with E-state index in [0.29, 0.717) is 13.0 Å². The van der Waals surface area contributed by atoms with Crippen LogP contribution >= 0.6 is 0 Å². The molecule has 1 aromatic rings. The molecule has 1 aromatic heterocycles. The maximum atomic E-state index is 12.4. The van der Waals surface area contributed by atoms with E-state index in [1.807, 2.05) is 6.92 Å². The molecule has 0 aliphatic carbocycles. The molecule has 8 nitrogen and oxygen atoms in total. The lowest BCUT2D eigenvalue weighted by molar-refractivity contribution is -0.128. The van der Waals surface area contributed by atoms with Crippen molar-refractivity contribution in [3.05, 3.63) is 27.7 Å². The van der Waals surface area contributed by atoms with Crippen molar-refractivity contribution in [1.82, 2.24) is 9.47 Å². The Morgan fingerprint density at radius 2 is 2.14 bits per heavy atom. The molecule has 0 bridgehead atoms. The van der Waals surface area contributed by atoms with E-state index in [2.05, 4.69) is 0 Å². The summed E-state index contributed by atoms with van der Waals surface area (Å²) in [6, 6.07) is 0. The summed E-state index contributed by atoms with van der Waals surface area (Å²) in [7, 11) is 0. The Hall–Kier alpha value is -2.35. The molecule has 3 heterocycles. The van der Waals surface area contributed by atoms with Crippen molar-refractivity contribution in [2.45, 2.75) is 32.2 Å². The third-order valence-corrected chi connectivity index (χ3v) is 3.82. The molecule has 0 aromatic carbocycles. The van der Waals surface area contributed by atoms with Crippen LogP contribution in [-0.2, 0) is 11.3 Å². The second kappa shape index (κ2) is 4.59. The quantitative estimate of drug-likeness (QED) is 0.745. The molecule has 21 heavy (non-hydrogen) atoms. The first kappa shape index (κ1) is 13.6. The molecule has 1 saturated heterocycles. The van der Waals surface area contributed by atoms with E-state index in [9.17, 15) is 19.5 Å². The number of rotatable bonds is 1. The number of amides is 1. The van der Waals surface area contributed by atoms with Gasteiger partial charge in [0.05, 0.1) is 12.6 Å². The lowest BCUT2D eigenvalue weighted by Crippen LogP contribution is -2.54. The summed E-state index contributed by atoms with van der Waals surface area (Å²) in [5, 5.41) is 18.9. The summed E-state index contributed by atoms with van der Waals surface area (Å²) in [5.41, 5.74) is -1.80. The maximum Gasteiger partial charge on any atom is 0.341 e. The SMILES string of the molecule is C[C@@H]1CCN2C(=O)c3c(O)c(=O)c(C(=O)O)cn3C[C@@H]2O1. The highest BCUT2D eigenvalue weighted by molar-refractivity contribution is 5.97. The Morgan fingerprint density at radius 3 is 2.81 bits per heavy atom. The number of hydrogen-bond acceptors (Lipinski definition) is 5. The number of carboxylic acid groups (broad SMARTS) is 1. The van der Waals surface area contributed by atoms with Crippen molar-refractivity contribution in [3.63, 3.8) is 0 Å². The molecule has 2 atom stereocenters. The first-order valence-electron chi connectivity index (χ1n) is 6.56. The summed E-state index contributed by atoms with van der Waals surface area (Å²) >= 11 is 0. The van der Waals surface area contributed by atoms with E-state index >= 15 is 0 Å². The highest BCUT2D eigenvalue weighted by Crippen LogP contribution is 2.27. The van der Waals surface area contributed by atoms with Crippen molar-refractivity contribution in [2.75, 3.05) is 6.54 Å². The van der Waals surface area contributed by atoms with Crippen LogP contribution in [0.15, 0.2) is 11.0 Å². The standard InChI is InChI=1S/C13H14N2O6/c1-6-2-3-15-8(21-6)5-14-4-7(13(19)20)10(16)11(17)9(14)12(15)18/h4,6,8,17H,2-3,5H2,1H3,(H,19,20)/t6-,8+/m1/s1. The van der Waals surface area contributed by atoms with Crippen LogP contribution in [0.4, 0.5) is 0 Å². The van der Waals surface area contributed by atoms with Gasteiger partial charge in [-0.15, -0.1) is 0 Å². The third kappa shape index (κ3) is 1.99. The lowest BCUT2D eigenvalue weighted by Gasteiger charge is -2.42. The van der Waals surface area contributed by atoms with Crippen LogP contribution in [0.5, 0.6) is 5.75 Å². The number of nitrogens with zero attached hydrogens (tertiary/aromatic N) is 2. The van der Waals surface area contributed by atoms with Crippen LogP contribution in [0, 0.1) is 0 Å². The molecule has 112 valence electrons. The molecule has 1 fully saturated rings. The van der Waals surface area contributed by atoms with E-state index in [0.717, 1.165) is 6.20 Å². The number of ether oxygens (including phenoxy) is 1. The molecule has 2 N–H and O–H groups in total. The number of aromatic carboxylic acids is 1. The van der Waals surface area contributed by atoms with Gasteiger partial charge in [-0.05, 0) is 13.3 Å². The normalized spacial score (nSPS) is 24.4. The number of fused-ring (bicyclic) bond motifs is 2. The van der Waals surface area contributed by atoms with E-state index in [-0.39, 0.29) is 18.3 Å². The predicted molar refractivity (Wildman–Crippen MR) is 69.3 cm³/mol. The number of carbonyl (C=O) groups excluding carboxylic acids is 1. The lowest BCUT2D eigenvalue weighted by atomic mass is 10.1. The van der Waals surface area contributed by atoms with Gasteiger partial charge < -0.3 is 24.4 Å². The van der Waals surface area contributed by atoms with Gasteiger partial charge in [-0.2, -0.15) is 0 Å². The highest BCUT2D eigenvalue weighted by atomic mass is 16.5. The average molecular weight is 294 g/mol. The van der Waals surface area contributed by atoms with Gasteiger partial charge in [0.1, 0.15) is 5.56 Å². The van der Waals surface area contributed by atoms with Crippen molar-refractivity contribution >= 4 is 11.9 Å². The zero-order valence-corrected chi connectivity index (χ0v) is 11.3. The van der Waals surface area contributed by atoms with Crippen LogP contribution in [0.3, 0.4) is 0 Å². The first-order chi connectivity index (χ1) is 9.90. The predicted octanol–water partition coefficient (Wildman–Crippen LogP) is -0.157. The topological polar surface area (TPSA) is 109 Å². The van der Waals surface area contributed by atoms with Gasteiger partial charge in [0.25, 0.3) is 5.91 Å². The Balaban J connectivity index is 2.14. The van der Waals surface area contributed by atoms with Crippen molar-refractivity contribution in [1.29, 1.82) is 0 Å². The molecule has 2 aliphatic heterocycles. The number of aromatic hydroxyl groups is 1. The Labute approximate surface area is 119 Å². The minimum atomic E-state index is -1.45. The number of carbonyl (C=O) groups is 2. The molecule has 0 unspecified atom stereocenters. The number of carboxylic acids is 1. The first-order valence-corrected chi connectivity index (χ1v) is 6.56. The van der Waals surface area contributed by atoms with Gasteiger partial charge in [-0.1, -0.05) is 0 Å². The smallest absolute Gasteiger partial charge is 0.341 e. The molecule has 2 aliphatic rings. The number of hydrogen-bond donors (Lipinski definition) is 2. The van der Waals surface area contributed by atoms with Gasteiger partial charge >= 0.3 is 5.97 Å². The van der Waals surface area contributed by atoms with Crippen LogP contribution in [0.1, 0.15) is 34.2 Å². The monoisotopic (exact) mass is 294 g/mol. The van der Waals surface area contributed by atoms with Gasteiger partial charge in [0, 0.05) is 12.7 Å². The zero-order valence-electron chi connectivity index (χ0n) is 11.3. The third-order valence-electron chi connectivity index (χ3n) is 3.82. The minimum Gasteiger partial charge on any atom is -0.503 e. The van der Waals surface area contributed by atoms with Crippen LogP contribution in [-0.4, -0.2) is 50.4 Å². The summed E-state index contributed by atoms with van der Waals surface area (Å²) in [4.78, 5) is 36.7. The second-order valence-corrected chi connectivity index (χ2v) is 5.22. The summed E-state index contributed by atoms with van der Waals surface area (Å²) in [5.74, 6) is -2.79. The summed E-state index contributed by atoms with van der Waals surface area (Å²) in [6.45, 7) is 2.54. The van der Waals surface area contributed by atoms with Gasteiger partial charge in [0.2, 0.25) is 5.43 Å².